The summed E-state index contributed by atoms with van der Waals surface area (Å²) in [5.41, 5.74) is 0.365. The highest BCUT2D eigenvalue weighted by Crippen LogP contribution is 2.20. The fraction of sp³-hybridized carbons (Fsp3) is 0.417. The van der Waals surface area contributed by atoms with E-state index < -0.39 is 0 Å². The third-order valence-corrected chi connectivity index (χ3v) is 2.84. The van der Waals surface area contributed by atoms with Gasteiger partial charge in [-0.3, -0.25) is 4.79 Å². The maximum atomic E-state index is 11.8. The predicted octanol–water partition coefficient (Wildman–Crippen LogP) is 2.06. The van der Waals surface area contributed by atoms with E-state index in [9.17, 15) is 9.90 Å². The smallest absolute Gasteiger partial charge is 0.255 e. The highest BCUT2D eigenvalue weighted by Gasteiger charge is 2.19. The van der Waals surface area contributed by atoms with Crippen molar-refractivity contribution in [2.45, 2.75) is 31.7 Å². The van der Waals surface area contributed by atoms with E-state index in [0.29, 0.717) is 5.56 Å². The van der Waals surface area contributed by atoms with E-state index in [1.165, 1.54) is 18.9 Å². The topological polar surface area (TPSA) is 49.3 Å². The first kappa shape index (κ1) is 10.0. The molecule has 0 atom stereocenters. The average molecular weight is 205 g/mol. The molecule has 3 nitrogen and oxygen atoms in total. The minimum absolute atomic E-state index is 0.0491. The number of phenols is 1. The molecule has 1 aromatic rings. The minimum Gasteiger partial charge on any atom is -0.507 e. The third-order valence-electron chi connectivity index (χ3n) is 2.84. The SMILES string of the molecule is O=C(NC1CCCC1)c1ccccc1O. The van der Waals surface area contributed by atoms with E-state index in [1.807, 2.05) is 0 Å². The molecular weight excluding hydrogens is 190 g/mol. The fourth-order valence-electron chi connectivity index (χ4n) is 2.00. The van der Waals surface area contributed by atoms with Crippen molar-refractivity contribution in [1.29, 1.82) is 0 Å². The third kappa shape index (κ3) is 2.29. The number of phenolic OH excluding ortho intramolecular Hbond substituents is 1. The maximum Gasteiger partial charge on any atom is 0.255 e. The van der Waals surface area contributed by atoms with Crippen molar-refractivity contribution in [2.75, 3.05) is 0 Å². The van der Waals surface area contributed by atoms with Crippen LogP contribution in [0.2, 0.25) is 0 Å². The van der Waals surface area contributed by atoms with Crippen molar-refractivity contribution in [1.82, 2.24) is 5.32 Å². The Morgan fingerprint density at radius 2 is 1.93 bits per heavy atom. The number of rotatable bonds is 2. The summed E-state index contributed by atoms with van der Waals surface area (Å²) in [7, 11) is 0. The molecule has 15 heavy (non-hydrogen) atoms. The van der Waals surface area contributed by atoms with Crippen LogP contribution in [0.1, 0.15) is 36.0 Å². The normalized spacial score (nSPS) is 16.5. The molecule has 0 aliphatic heterocycles. The van der Waals surface area contributed by atoms with E-state index in [-0.39, 0.29) is 17.7 Å². The first-order chi connectivity index (χ1) is 7.27. The largest absolute Gasteiger partial charge is 0.507 e. The van der Waals surface area contributed by atoms with Crippen molar-refractivity contribution in [3.05, 3.63) is 29.8 Å². The lowest BCUT2D eigenvalue weighted by atomic mass is 10.1. The van der Waals surface area contributed by atoms with Crippen LogP contribution in [0, 0.1) is 0 Å². The number of hydrogen-bond acceptors (Lipinski definition) is 2. The molecule has 0 bridgehead atoms. The van der Waals surface area contributed by atoms with Crippen LogP contribution in [0.3, 0.4) is 0 Å². The van der Waals surface area contributed by atoms with Crippen LogP contribution in [0.4, 0.5) is 0 Å². The molecule has 0 saturated heterocycles. The Hall–Kier alpha value is -1.51. The van der Waals surface area contributed by atoms with Crippen molar-refractivity contribution in [3.8, 4) is 5.75 Å². The van der Waals surface area contributed by atoms with Gasteiger partial charge in [0.2, 0.25) is 0 Å². The van der Waals surface area contributed by atoms with Crippen LogP contribution in [0.5, 0.6) is 5.75 Å². The second-order valence-corrected chi connectivity index (χ2v) is 3.97. The molecule has 1 saturated carbocycles. The Kier molecular flexibility index (Phi) is 2.90. The second kappa shape index (κ2) is 4.34. The van der Waals surface area contributed by atoms with Gasteiger partial charge in [-0.25, -0.2) is 0 Å². The Bertz CT molecular complexity index is 356. The molecule has 1 amide bonds. The summed E-state index contributed by atoms with van der Waals surface area (Å²) in [6.45, 7) is 0. The zero-order valence-corrected chi connectivity index (χ0v) is 8.57. The fourth-order valence-corrected chi connectivity index (χ4v) is 2.00. The molecule has 0 unspecified atom stereocenters. The molecule has 80 valence electrons. The number of amides is 1. The molecule has 1 aliphatic rings. The van der Waals surface area contributed by atoms with Gasteiger partial charge in [-0.15, -0.1) is 0 Å². The lowest BCUT2D eigenvalue weighted by molar-refractivity contribution is 0.0935. The molecular formula is C12H15NO2. The van der Waals surface area contributed by atoms with Gasteiger partial charge in [0.25, 0.3) is 5.91 Å². The zero-order valence-electron chi connectivity index (χ0n) is 8.57. The number of benzene rings is 1. The van der Waals surface area contributed by atoms with E-state index in [0.717, 1.165) is 12.8 Å². The molecule has 1 aliphatic carbocycles. The van der Waals surface area contributed by atoms with Crippen molar-refractivity contribution < 1.29 is 9.90 Å². The lowest BCUT2D eigenvalue weighted by Crippen LogP contribution is -2.32. The summed E-state index contributed by atoms with van der Waals surface area (Å²) < 4.78 is 0. The summed E-state index contributed by atoms with van der Waals surface area (Å²) in [5, 5.41) is 12.4. The van der Waals surface area contributed by atoms with Crippen LogP contribution in [-0.2, 0) is 0 Å². The Morgan fingerprint density at radius 3 is 2.60 bits per heavy atom. The molecule has 1 fully saturated rings. The number of para-hydroxylation sites is 1. The Balaban J connectivity index is 2.04. The van der Waals surface area contributed by atoms with Gasteiger partial charge < -0.3 is 10.4 Å². The Labute approximate surface area is 89.1 Å². The molecule has 3 heteroatoms. The van der Waals surface area contributed by atoms with Gasteiger partial charge in [-0.05, 0) is 25.0 Å². The standard InChI is InChI=1S/C12H15NO2/c14-11-8-4-3-7-10(11)12(15)13-9-5-1-2-6-9/h3-4,7-9,14H,1-2,5-6H2,(H,13,15). The van der Waals surface area contributed by atoms with E-state index >= 15 is 0 Å². The molecule has 2 rings (SSSR count). The average Bonchev–Trinajstić information content (AvgIpc) is 2.71. The zero-order chi connectivity index (χ0) is 10.7. The highest BCUT2D eigenvalue weighted by molar-refractivity contribution is 5.96. The van der Waals surface area contributed by atoms with Crippen molar-refractivity contribution in [3.63, 3.8) is 0 Å². The molecule has 0 aromatic heterocycles. The maximum absolute atomic E-state index is 11.8. The second-order valence-electron chi connectivity index (χ2n) is 3.97. The van der Waals surface area contributed by atoms with Gasteiger partial charge in [0, 0.05) is 6.04 Å². The van der Waals surface area contributed by atoms with Gasteiger partial charge >= 0.3 is 0 Å². The van der Waals surface area contributed by atoms with Gasteiger partial charge in [0.05, 0.1) is 5.56 Å². The molecule has 1 aromatic carbocycles. The quantitative estimate of drug-likeness (QED) is 0.776. The van der Waals surface area contributed by atoms with Gasteiger partial charge in [0.15, 0.2) is 0 Å². The summed E-state index contributed by atoms with van der Waals surface area (Å²) in [6.07, 6.45) is 4.48. The summed E-state index contributed by atoms with van der Waals surface area (Å²) in [5.74, 6) is -0.118. The Morgan fingerprint density at radius 1 is 1.27 bits per heavy atom. The van der Waals surface area contributed by atoms with Gasteiger partial charge in [0.1, 0.15) is 5.75 Å². The van der Waals surface area contributed by atoms with Crippen molar-refractivity contribution >= 4 is 5.91 Å². The monoisotopic (exact) mass is 205 g/mol. The van der Waals surface area contributed by atoms with Crippen LogP contribution in [0.15, 0.2) is 24.3 Å². The number of nitrogens with one attached hydrogen (secondary N) is 1. The summed E-state index contributed by atoms with van der Waals surface area (Å²) >= 11 is 0. The molecule has 0 spiro atoms. The molecule has 2 N–H and O–H groups in total. The minimum atomic E-state index is -0.167. The number of aromatic hydroxyl groups is 1. The van der Waals surface area contributed by atoms with Crippen LogP contribution < -0.4 is 5.32 Å². The first-order valence-corrected chi connectivity index (χ1v) is 5.36. The molecule has 0 radical (unpaired) electrons. The summed E-state index contributed by atoms with van der Waals surface area (Å²) in [6, 6.07) is 6.92. The molecule has 0 heterocycles. The number of hydrogen-bond donors (Lipinski definition) is 2. The van der Waals surface area contributed by atoms with E-state index in [4.69, 9.17) is 0 Å². The van der Waals surface area contributed by atoms with E-state index in [2.05, 4.69) is 5.32 Å². The number of carbonyl (C=O) groups is 1. The van der Waals surface area contributed by atoms with Gasteiger partial charge in [-0.1, -0.05) is 25.0 Å². The first-order valence-electron chi connectivity index (χ1n) is 5.36. The van der Waals surface area contributed by atoms with Crippen molar-refractivity contribution in [2.24, 2.45) is 0 Å². The highest BCUT2D eigenvalue weighted by atomic mass is 16.3. The van der Waals surface area contributed by atoms with Crippen LogP contribution >= 0.6 is 0 Å². The predicted molar refractivity (Wildman–Crippen MR) is 57.8 cm³/mol. The van der Waals surface area contributed by atoms with E-state index in [1.54, 1.807) is 18.2 Å². The number of carbonyl (C=O) groups excluding carboxylic acids is 1. The lowest BCUT2D eigenvalue weighted by Gasteiger charge is -2.12. The van der Waals surface area contributed by atoms with Gasteiger partial charge in [-0.2, -0.15) is 0 Å². The van der Waals surface area contributed by atoms with Crippen LogP contribution in [0.25, 0.3) is 0 Å². The van der Waals surface area contributed by atoms with Crippen LogP contribution in [-0.4, -0.2) is 17.1 Å². The summed E-state index contributed by atoms with van der Waals surface area (Å²) in [4.78, 5) is 11.8.